The molecule has 0 fully saturated rings. The van der Waals surface area contributed by atoms with Gasteiger partial charge in [0.05, 0.1) is 6.33 Å². The Labute approximate surface area is 125 Å². The van der Waals surface area contributed by atoms with Crippen LogP contribution in [0.15, 0.2) is 34.4 Å². The Kier molecular flexibility index (Phi) is 2.89. The van der Waals surface area contributed by atoms with E-state index in [1.165, 1.54) is 35.3 Å². The minimum Gasteiger partial charge on any atom is -0.341 e. The SMILES string of the molecule is Clc1nc(Sc2ccc3c(c2)CCC3)c2[nH]cnc2n1. The van der Waals surface area contributed by atoms with Gasteiger partial charge in [0.15, 0.2) is 5.65 Å². The van der Waals surface area contributed by atoms with Crippen LogP contribution in [-0.4, -0.2) is 19.9 Å². The van der Waals surface area contributed by atoms with E-state index in [1.54, 1.807) is 18.1 Å². The Balaban J connectivity index is 1.75. The maximum Gasteiger partial charge on any atom is 0.225 e. The molecule has 0 spiro atoms. The topological polar surface area (TPSA) is 54.5 Å². The van der Waals surface area contributed by atoms with E-state index in [0.717, 1.165) is 10.5 Å². The zero-order valence-corrected chi connectivity index (χ0v) is 12.1. The first-order chi connectivity index (χ1) is 9.79. The van der Waals surface area contributed by atoms with Crippen molar-refractivity contribution in [1.82, 2.24) is 19.9 Å². The van der Waals surface area contributed by atoms with Crippen LogP contribution in [-0.2, 0) is 12.8 Å². The number of nitrogens with one attached hydrogen (secondary N) is 1. The summed E-state index contributed by atoms with van der Waals surface area (Å²) in [5, 5.41) is 1.05. The predicted octanol–water partition coefficient (Wildman–Crippen LogP) is 3.65. The number of imidazole rings is 1. The number of benzene rings is 1. The van der Waals surface area contributed by atoms with Gasteiger partial charge in [-0.2, -0.15) is 4.98 Å². The Bertz CT molecular complexity index is 799. The Morgan fingerprint density at radius 1 is 1.15 bits per heavy atom. The highest BCUT2D eigenvalue weighted by molar-refractivity contribution is 7.99. The first kappa shape index (κ1) is 12.2. The Morgan fingerprint density at radius 3 is 3.00 bits per heavy atom. The van der Waals surface area contributed by atoms with Gasteiger partial charge < -0.3 is 4.98 Å². The molecule has 3 aromatic rings. The smallest absolute Gasteiger partial charge is 0.225 e. The molecule has 0 saturated carbocycles. The third-order valence-electron chi connectivity index (χ3n) is 3.51. The van der Waals surface area contributed by atoms with Gasteiger partial charge in [-0.05, 0) is 54.1 Å². The zero-order chi connectivity index (χ0) is 13.5. The summed E-state index contributed by atoms with van der Waals surface area (Å²) in [5.74, 6) is 0. The van der Waals surface area contributed by atoms with Gasteiger partial charge >= 0.3 is 0 Å². The molecule has 1 aliphatic carbocycles. The lowest BCUT2D eigenvalue weighted by Gasteiger charge is -2.05. The van der Waals surface area contributed by atoms with Gasteiger partial charge in [0, 0.05) is 4.90 Å². The number of halogens is 1. The number of fused-ring (bicyclic) bond motifs is 2. The number of rotatable bonds is 2. The lowest BCUT2D eigenvalue weighted by Crippen LogP contribution is -1.89. The van der Waals surface area contributed by atoms with Crippen molar-refractivity contribution in [2.45, 2.75) is 29.2 Å². The van der Waals surface area contributed by atoms with E-state index in [2.05, 4.69) is 38.1 Å². The highest BCUT2D eigenvalue weighted by Crippen LogP contribution is 2.33. The second-order valence-corrected chi connectivity index (χ2v) is 6.19. The number of aromatic amines is 1. The largest absolute Gasteiger partial charge is 0.341 e. The third kappa shape index (κ3) is 2.07. The number of hydrogen-bond acceptors (Lipinski definition) is 4. The van der Waals surface area contributed by atoms with Crippen molar-refractivity contribution in [2.24, 2.45) is 0 Å². The minimum atomic E-state index is 0.230. The summed E-state index contributed by atoms with van der Waals surface area (Å²) in [6.07, 6.45) is 5.24. The summed E-state index contributed by atoms with van der Waals surface area (Å²) in [5.41, 5.74) is 4.37. The Hall–Kier alpha value is -1.59. The number of aryl methyl sites for hydroxylation is 2. The second-order valence-electron chi connectivity index (χ2n) is 4.79. The van der Waals surface area contributed by atoms with Crippen LogP contribution in [0.5, 0.6) is 0 Å². The number of aromatic nitrogens is 4. The molecule has 1 N–H and O–H groups in total. The van der Waals surface area contributed by atoms with E-state index in [1.807, 2.05) is 0 Å². The van der Waals surface area contributed by atoms with Crippen molar-refractivity contribution < 1.29 is 0 Å². The predicted molar refractivity (Wildman–Crippen MR) is 79.3 cm³/mol. The summed E-state index contributed by atoms with van der Waals surface area (Å²) in [6, 6.07) is 6.62. The van der Waals surface area contributed by atoms with Crippen LogP contribution < -0.4 is 0 Å². The van der Waals surface area contributed by atoms with Crippen LogP contribution in [0.2, 0.25) is 5.28 Å². The molecular weight excluding hydrogens is 292 g/mol. The summed E-state index contributed by atoms with van der Waals surface area (Å²) in [7, 11) is 0. The molecule has 1 aromatic carbocycles. The average Bonchev–Trinajstić information content (AvgIpc) is 3.05. The normalized spacial score (nSPS) is 13.8. The fraction of sp³-hybridized carbons (Fsp3) is 0.214. The number of H-pyrrole nitrogens is 1. The quantitative estimate of drug-likeness (QED) is 0.580. The summed E-state index contributed by atoms with van der Waals surface area (Å²) in [4.78, 5) is 16.8. The van der Waals surface area contributed by atoms with Crippen molar-refractivity contribution >= 4 is 34.5 Å². The maximum absolute atomic E-state index is 5.95. The molecule has 2 aromatic heterocycles. The van der Waals surface area contributed by atoms with Crippen LogP contribution >= 0.6 is 23.4 Å². The molecule has 100 valence electrons. The lowest BCUT2D eigenvalue weighted by molar-refractivity contribution is 0.911. The van der Waals surface area contributed by atoms with Crippen LogP contribution in [0.1, 0.15) is 17.5 Å². The van der Waals surface area contributed by atoms with E-state index in [4.69, 9.17) is 11.6 Å². The molecular formula is C14H11ClN4S. The molecule has 2 heterocycles. The van der Waals surface area contributed by atoms with Gasteiger partial charge in [0.25, 0.3) is 0 Å². The van der Waals surface area contributed by atoms with Crippen LogP contribution in [0.3, 0.4) is 0 Å². The average molecular weight is 303 g/mol. The fourth-order valence-corrected chi connectivity index (χ4v) is 3.74. The number of nitrogens with zero attached hydrogens (tertiary/aromatic N) is 3. The zero-order valence-electron chi connectivity index (χ0n) is 10.6. The van der Waals surface area contributed by atoms with Gasteiger partial charge in [-0.3, -0.25) is 0 Å². The van der Waals surface area contributed by atoms with Gasteiger partial charge in [-0.15, -0.1) is 0 Å². The van der Waals surface area contributed by atoms with Crippen molar-refractivity contribution in [1.29, 1.82) is 0 Å². The van der Waals surface area contributed by atoms with Crippen molar-refractivity contribution in [3.63, 3.8) is 0 Å². The van der Waals surface area contributed by atoms with Gasteiger partial charge in [-0.25, -0.2) is 9.97 Å². The Morgan fingerprint density at radius 2 is 2.05 bits per heavy atom. The molecule has 6 heteroatoms. The molecule has 0 aliphatic heterocycles. The van der Waals surface area contributed by atoms with Crippen molar-refractivity contribution in [3.05, 3.63) is 40.9 Å². The standard InChI is InChI=1S/C14H11ClN4S/c15-14-18-12-11(16-7-17-12)13(19-14)20-10-5-4-8-2-1-3-9(8)6-10/h4-7H,1-3H2,(H,16,17,18,19). The molecule has 0 radical (unpaired) electrons. The molecule has 1 aliphatic rings. The molecule has 0 amide bonds. The molecule has 4 rings (SSSR count). The van der Waals surface area contributed by atoms with E-state index >= 15 is 0 Å². The van der Waals surface area contributed by atoms with Gasteiger partial charge in [0.1, 0.15) is 10.5 Å². The van der Waals surface area contributed by atoms with E-state index in [-0.39, 0.29) is 5.28 Å². The first-order valence-electron chi connectivity index (χ1n) is 6.46. The van der Waals surface area contributed by atoms with Gasteiger partial charge in [0.2, 0.25) is 5.28 Å². The van der Waals surface area contributed by atoms with Gasteiger partial charge in [-0.1, -0.05) is 17.8 Å². The van der Waals surface area contributed by atoms with E-state index < -0.39 is 0 Å². The number of hydrogen-bond donors (Lipinski definition) is 1. The van der Waals surface area contributed by atoms with Crippen LogP contribution in [0.25, 0.3) is 11.2 Å². The molecule has 20 heavy (non-hydrogen) atoms. The lowest BCUT2D eigenvalue weighted by atomic mass is 10.1. The minimum absolute atomic E-state index is 0.230. The highest BCUT2D eigenvalue weighted by Gasteiger charge is 2.14. The molecule has 0 saturated heterocycles. The monoisotopic (exact) mass is 302 g/mol. The molecule has 0 unspecified atom stereocenters. The van der Waals surface area contributed by atoms with Crippen LogP contribution in [0.4, 0.5) is 0 Å². The molecule has 4 nitrogen and oxygen atoms in total. The van der Waals surface area contributed by atoms with Crippen molar-refractivity contribution in [2.75, 3.05) is 0 Å². The van der Waals surface area contributed by atoms with E-state index in [0.29, 0.717) is 5.65 Å². The van der Waals surface area contributed by atoms with Crippen molar-refractivity contribution in [3.8, 4) is 0 Å². The summed E-state index contributed by atoms with van der Waals surface area (Å²) in [6.45, 7) is 0. The van der Waals surface area contributed by atoms with Crippen LogP contribution in [0, 0.1) is 0 Å². The maximum atomic E-state index is 5.95. The molecule has 0 bridgehead atoms. The first-order valence-corrected chi connectivity index (χ1v) is 7.65. The molecule has 0 atom stereocenters. The highest BCUT2D eigenvalue weighted by atomic mass is 35.5. The summed E-state index contributed by atoms with van der Waals surface area (Å²) < 4.78 is 0. The third-order valence-corrected chi connectivity index (χ3v) is 4.66. The van der Waals surface area contributed by atoms with E-state index in [9.17, 15) is 0 Å². The second kappa shape index (κ2) is 4.75. The fourth-order valence-electron chi connectivity index (χ4n) is 2.58. The summed E-state index contributed by atoms with van der Waals surface area (Å²) >= 11 is 7.55.